The van der Waals surface area contributed by atoms with E-state index in [2.05, 4.69) is 10.4 Å². The first-order chi connectivity index (χ1) is 14.2. The summed E-state index contributed by atoms with van der Waals surface area (Å²) in [5, 5.41) is 7.11. The molecule has 8 heteroatoms. The lowest BCUT2D eigenvalue weighted by atomic mass is 10.2. The van der Waals surface area contributed by atoms with Gasteiger partial charge in [-0.15, -0.1) is 0 Å². The lowest BCUT2D eigenvalue weighted by Gasteiger charge is -2.26. The number of aromatic nitrogens is 2. The Labute approximate surface area is 166 Å². The molecule has 0 aliphatic carbocycles. The molecular formula is C21H19N3O5. The fraction of sp³-hybridized carbons (Fsp3) is 0.238. The van der Waals surface area contributed by atoms with Crippen LogP contribution in [-0.2, 0) is 11.3 Å². The molecule has 148 valence electrons. The molecular weight excluding hydrogens is 374 g/mol. The van der Waals surface area contributed by atoms with Crippen LogP contribution in [-0.4, -0.2) is 41.1 Å². The summed E-state index contributed by atoms with van der Waals surface area (Å²) in [6.07, 6.45) is 2.45. The number of anilines is 1. The fourth-order valence-electron chi connectivity index (χ4n) is 3.26. The number of carbonyl (C=O) groups is 1. The van der Waals surface area contributed by atoms with Crippen LogP contribution in [0.1, 0.15) is 0 Å². The minimum atomic E-state index is -0.722. The van der Waals surface area contributed by atoms with Crippen molar-refractivity contribution in [3.05, 3.63) is 60.9 Å². The largest absolute Gasteiger partial charge is 0.486 e. The average molecular weight is 393 g/mol. The maximum atomic E-state index is 12.5. The van der Waals surface area contributed by atoms with Gasteiger partial charge >= 0.3 is 0 Å². The molecule has 1 N–H and O–H groups in total. The van der Waals surface area contributed by atoms with Gasteiger partial charge in [-0.2, -0.15) is 5.10 Å². The fourth-order valence-corrected chi connectivity index (χ4v) is 3.26. The molecule has 2 aliphatic rings. The van der Waals surface area contributed by atoms with Crippen LogP contribution >= 0.6 is 0 Å². The van der Waals surface area contributed by atoms with Crippen molar-refractivity contribution in [2.24, 2.45) is 0 Å². The molecule has 0 fully saturated rings. The van der Waals surface area contributed by atoms with Crippen molar-refractivity contribution in [3.8, 4) is 23.0 Å². The quantitative estimate of drug-likeness (QED) is 0.733. The smallest absolute Gasteiger partial charge is 0.269 e. The first-order valence-electron chi connectivity index (χ1n) is 9.35. The molecule has 0 spiro atoms. The van der Waals surface area contributed by atoms with Gasteiger partial charge < -0.3 is 24.3 Å². The zero-order valence-electron chi connectivity index (χ0n) is 15.5. The lowest BCUT2D eigenvalue weighted by Crippen LogP contribution is -2.40. The normalized spacial score (nSPS) is 19.4. The van der Waals surface area contributed by atoms with Gasteiger partial charge in [0.15, 0.2) is 29.1 Å². The highest BCUT2D eigenvalue weighted by Gasteiger charge is 2.28. The van der Waals surface area contributed by atoms with Crippen LogP contribution < -0.4 is 24.3 Å². The van der Waals surface area contributed by atoms with E-state index in [1.807, 2.05) is 42.5 Å². The zero-order chi connectivity index (χ0) is 19.6. The van der Waals surface area contributed by atoms with Gasteiger partial charge in [-0.05, 0) is 24.3 Å². The number of ether oxygens (including phenoxy) is 4. The number of nitrogens with one attached hydrogen (secondary N) is 1. The van der Waals surface area contributed by atoms with E-state index >= 15 is 0 Å². The summed E-state index contributed by atoms with van der Waals surface area (Å²) in [7, 11) is 0. The lowest BCUT2D eigenvalue weighted by molar-refractivity contribution is -0.125. The second-order valence-electron chi connectivity index (χ2n) is 6.80. The van der Waals surface area contributed by atoms with E-state index in [0.717, 1.165) is 11.5 Å². The zero-order valence-corrected chi connectivity index (χ0v) is 15.5. The molecule has 0 bridgehead atoms. The highest BCUT2D eigenvalue weighted by atomic mass is 16.6. The average Bonchev–Trinajstić information content (AvgIpc) is 3.20. The van der Waals surface area contributed by atoms with Crippen LogP contribution in [0.2, 0.25) is 0 Å². The summed E-state index contributed by atoms with van der Waals surface area (Å²) in [5.74, 6) is 2.38. The molecule has 1 amide bonds. The number of rotatable bonds is 4. The summed E-state index contributed by atoms with van der Waals surface area (Å²) >= 11 is 0. The highest BCUT2D eigenvalue weighted by molar-refractivity contribution is 5.94. The minimum absolute atomic E-state index is 0.156. The van der Waals surface area contributed by atoms with Crippen LogP contribution in [0.3, 0.4) is 0 Å². The SMILES string of the molecule is O=C(Nc1cnn(CC2COc3ccccc3O2)c1)C1COc2ccccc2O1. The molecule has 2 atom stereocenters. The Kier molecular flexibility index (Phi) is 4.44. The van der Waals surface area contributed by atoms with Gasteiger partial charge in [-0.1, -0.05) is 24.3 Å². The van der Waals surface area contributed by atoms with Gasteiger partial charge in [-0.25, -0.2) is 0 Å². The number of fused-ring (bicyclic) bond motifs is 2. The molecule has 0 radical (unpaired) electrons. The van der Waals surface area contributed by atoms with Crippen LogP contribution in [0.25, 0.3) is 0 Å². The second kappa shape index (κ2) is 7.38. The summed E-state index contributed by atoms with van der Waals surface area (Å²) in [6.45, 7) is 1.09. The van der Waals surface area contributed by atoms with Crippen molar-refractivity contribution in [1.82, 2.24) is 9.78 Å². The summed E-state index contributed by atoms with van der Waals surface area (Å²) in [6, 6.07) is 14.8. The molecule has 2 aliphatic heterocycles. The van der Waals surface area contributed by atoms with Crippen molar-refractivity contribution < 1.29 is 23.7 Å². The van der Waals surface area contributed by atoms with E-state index < -0.39 is 6.10 Å². The van der Waals surface area contributed by atoms with Gasteiger partial charge in [0, 0.05) is 6.20 Å². The molecule has 3 aromatic rings. The second-order valence-corrected chi connectivity index (χ2v) is 6.80. The van der Waals surface area contributed by atoms with Crippen LogP contribution in [0.5, 0.6) is 23.0 Å². The molecule has 2 unspecified atom stereocenters. The van der Waals surface area contributed by atoms with Crippen LogP contribution in [0.15, 0.2) is 60.9 Å². The van der Waals surface area contributed by atoms with Crippen molar-refractivity contribution in [2.45, 2.75) is 18.8 Å². The van der Waals surface area contributed by atoms with Crippen molar-refractivity contribution in [3.63, 3.8) is 0 Å². The monoisotopic (exact) mass is 393 g/mol. The molecule has 5 rings (SSSR count). The third-order valence-corrected chi connectivity index (χ3v) is 4.66. The standard InChI is InChI=1S/C21H19N3O5/c25-21(20-13-27-17-6-2-4-8-19(17)29-20)23-14-9-22-24(10-14)11-15-12-26-16-5-1-3-7-18(16)28-15/h1-10,15,20H,11-13H2,(H,23,25). The van der Waals surface area contributed by atoms with Gasteiger partial charge in [0.2, 0.25) is 6.10 Å². The highest BCUT2D eigenvalue weighted by Crippen LogP contribution is 2.32. The molecule has 1 aromatic heterocycles. The Morgan fingerprint density at radius 2 is 1.62 bits per heavy atom. The Bertz CT molecular complexity index is 1030. The number of hydrogen-bond acceptors (Lipinski definition) is 6. The summed E-state index contributed by atoms with van der Waals surface area (Å²) in [5.41, 5.74) is 0.578. The number of para-hydroxylation sites is 4. The van der Waals surface area contributed by atoms with Crippen molar-refractivity contribution in [2.75, 3.05) is 18.5 Å². The van der Waals surface area contributed by atoms with E-state index in [4.69, 9.17) is 18.9 Å². The Morgan fingerprint density at radius 3 is 2.38 bits per heavy atom. The van der Waals surface area contributed by atoms with Crippen LogP contribution in [0.4, 0.5) is 5.69 Å². The Morgan fingerprint density at radius 1 is 0.966 bits per heavy atom. The van der Waals surface area contributed by atoms with Crippen LogP contribution in [0, 0.1) is 0 Å². The van der Waals surface area contributed by atoms with Gasteiger partial charge in [0.25, 0.3) is 5.91 Å². The number of nitrogens with zero attached hydrogens (tertiary/aromatic N) is 2. The third kappa shape index (κ3) is 3.69. The topological polar surface area (TPSA) is 83.8 Å². The van der Waals surface area contributed by atoms with Crippen molar-refractivity contribution >= 4 is 11.6 Å². The van der Waals surface area contributed by atoms with E-state index in [0.29, 0.717) is 30.3 Å². The minimum Gasteiger partial charge on any atom is -0.486 e. The predicted molar refractivity (Wildman–Crippen MR) is 104 cm³/mol. The number of carbonyl (C=O) groups excluding carboxylic acids is 1. The van der Waals surface area contributed by atoms with E-state index in [1.54, 1.807) is 23.1 Å². The number of amides is 1. The first-order valence-corrected chi connectivity index (χ1v) is 9.35. The maximum Gasteiger partial charge on any atom is 0.269 e. The third-order valence-electron chi connectivity index (χ3n) is 4.66. The first kappa shape index (κ1) is 17.4. The maximum absolute atomic E-state index is 12.5. The van der Waals surface area contributed by atoms with E-state index in [9.17, 15) is 4.79 Å². The molecule has 2 aromatic carbocycles. The Hall–Kier alpha value is -3.68. The molecule has 3 heterocycles. The predicted octanol–water partition coefficient (Wildman–Crippen LogP) is 2.50. The van der Waals surface area contributed by atoms with Gasteiger partial charge in [0.1, 0.15) is 13.2 Å². The summed E-state index contributed by atoms with van der Waals surface area (Å²) < 4.78 is 24.7. The van der Waals surface area contributed by atoms with Crippen molar-refractivity contribution in [1.29, 1.82) is 0 Å². The van der Waals surface area contributed by atoms with E-state index in [1.165, 1.54) is 0 Å². The number of hydrogen-bond donors (Lipinski definition) is 1. The molecule has 8 nitrogen and oxygen atoms in total. The number of benzene rings is 2. The van der Waals surface area contributed by atoms with E-state index in [-0.39, 0.29) is 18.6 Å². The molecule has 0 saturated heterocycles. The summed E-state index contributed by atoms with van der Waals surface area (Å²) in [4.78, 5) is 12.5. The molecule has 29 heavy (non-hydrogen) atoms. The van der Waals surface area contributed by atoms with Gasteiger partial charge in [-0.3, -0.25) is 9.48 Å². The van der Waals surface area contributed by atoms with Gasteiger partial charge in [0.05, 0.1) is 18.4 Å². The Balaban J connectivity index is 1.18. The molecule has 0 saturated carbocycles.